The Hall–Kier alpha value is -2.63. The fourth-order valence-corrected chi connectivity index (χ4v) is 1.57. The molecule has 5 nitrogen and oxygen atoms in total. The number of nitro groups is 1. The Morgan fingerprint density at radius 2 is 2.05 bits per heavy atom. The molecule has 0 atom stereocenters. The van der Waals surface area contributed by atoms with Gasteiger partial charge in [0.1, 0.15) is 11.6 Å². The maximum absolute atomic E-state index is 13.3. The van der Waals surface area contributed by atoms with Gasteiger partial charge in [-0.05, 0) is 30.7 Å². The highest BCUT2D eigenvalue weighted by atomic mass is 19.1. The average molecular weight is 262 g/mol. The monoisotopic (exact) mass is 262 g/mol. The predicted octanol–water partition coefficient (Wildman–Crippen LogP) is 3.42. The Morgan fingerprint density at radius 3 is 2.68 bits per heavy atom. The molecule has 0 fully saturated rings. The van der Waals surface area contributed by atoms with Crippen molar-refractivity contribution in [2.24, 2.45) is 0 Å². The molecule has 0 radical (unpaired) electrons. The second-order valence-corrected chi connectivity index (χ2v) is 4.00. The summed E-state index contributed by atoms with van der Waals surface area (Å²) in [5.41, 5.74) is 5.90. The molecular weight excluding hydrogens is 251 g/mol. The van der Waals surface area contributed by atoms with Crippen LogP contribution in [0, 0.1) is 22.9 Å². The number of nitrogen functional groups attached to an aromatic ring is 1. The van der Waals surface area contributed by atoms with Crippen LogP contribution in [0.2, 0.25) is 0 Å². The van der Waals surface area contributed by atoms with Crippen molar-refractivity contribution in [2.75, 3.05) is 5.73 Å². The number of anilines is 1. The lowest BCUT2D eigenvalue weighted by Gasteiger charge is -2.08. The van der Waals surface area contributed by atoms with Crippen LogP contribution in [0.1, 0.15) is 5.56 Å². The second kappa shape index (κ2) is 4.93. The molecule has 2 rings (SSSR count). The van der Waals surface area contributed by atoms with Crippen molar-refractivity contribution in [3.8, 4) is 11.5 Å². The number of hydrogen-bond acceptors (Lipinski definition) is 4. The number of nitrogens with two attached hydrogens (primary N) is 1. The molecule has 98 valence electrons. The summed E-state index contributed by atoms with van der Waals surface area (Å²) in [5, 5.41) is 10.9. The lowest BCUT2D eigenvalue weighted by Crippen LogP contribution is -1.96. The van der Waals surface area contributed by atoms with Gasteiger partial charge < -0.3 is 10.5 Å². The molecule has 0 saturated heterocycles. The Kier molecular flexibility index (Phi) is 3.33. The van der Waals surface area contributed by atoms with Gasteiger partial charge in [-0.2, -0.15) is 0 Å². The minimum atomic E-state index is -0.690. The summed E-state index contributed by atoms with van der Waals surface area (Å²) in [6.45, 7) is 1.51. The standard InChI is InChI=1S/C13H11FN2O3/c1-8-5-13(12(16(17)18)7-11(8)14)19-10-4-2-3-9(15)6-10/h2-7H,15H2,1H3. The number of hydrogen-bond donors (Lipinski definition) is 1. The molecule has 0 amide bonds. The van der Waals surface area contributed by atoms with E-state index in [0.717, 1.165) is 6.07 Å². The summed E-state index contributed by atoms with van der Waals surface area (Å²) < 4.78 is 18.7. The van der Waals surface area contributed by atoms with Crippen LogP contribution in [0.25, 0.3) is 0 Å². The molecule has 0 aromatic heterocycles. The van der Waals surface area contributed by atoms with Crippen molar-refractivity contribution in [3.63, 3.8) is 0 Å². The minimum Gasteiger partial charge on any atom is -0.450 e. The Labute approximate surface area is 108 Å². The number of aryl methyl sites for hydroxylation is 1. The van der Waals surface area contributed by atoms with Crippen LogP contribution in [0.5, 0.6) is 11.5 Å². The van der Waals surface area contributed by atoms with Crippen LogP contribution in [0.15, 0.2) is 36.4 Å². The first-order chi connectivity index (χ1) is 8.97. The van der Waals surface area contributed by atoms with Crippen molar-refractivity contribution in [2.45, 2.75) is 6.92 Å². The maximum Gasteiger partial charge on any atom is 0.314 e. The molecule has 2 N–H and O–H groups in total. The zero-order valence-corrected chi connectivity index (χ0v) is 10.1. The fourth-order valence-electron chi connectivity index (χ4n) is 1.57. The number of benzene rings is 2. The van der Waals surface area contributed by atoms with Gasteiger partial charge in [0, 0.05) is 11.8 Å². The molecule has 0 bridgehead atoms. The van der Waals surface area contributed by atoms with Gasteiger partial charge in [0.05, 0.1) is 11.0 Å². The zero-order chi connectivity index (χ0) is 14.0. The van der Waals surface area contributed by atoms with Crippen molar-refractivity contribution < 1.29 is 14.1 Å². The number of nitro benzene ring substituents is 1. The third-order valence-electron chi connectivity index (χ3n) is 2.52. The van der Waals surface area contributed by atoms with E-state index in [1.807, 2.05) is 0 Å². The molecule has 6 heteroatoms. The Balaban J connectivity index is 2.44. The van der Waals surface area contributed by atoms with Gasteiger partial charge >= 0.3 is 5.69 Å². The molecule has 0 heterocycles. The maximum atomic E-state index is 13.3. The van der Waals surface area contributed by atoms with E-state index in [9.17, 15) is 14.5 Å². The molecule has 0 unspecified atom stereocenters. The lowest BCUT2D eigenvalue weighted by molar-refractivity contribution is -0.385. The average Bonchev–Trinajstić information content (AvgIpc) is 2.33. The molecule has 0 aliphatic carbocycles. The molecule has 19 heavy (non-hydrogen) atoms. The normalized spacial score (nSPS) is 10.2. The lowest BCUT2D eigenvalue weighted by atomic mass is 10.2. The van der Waals surface area contributed by atoms with Crippen molar-refractivity contribution in [1.82, 2.24) is 0 Å². The molecule has 2 aromatic rings. The topological polar surface area (TPSA) is 78.4 Å². The van der Waals surface area contributed by atoms with E-state index in [2.05, 4.69) is 0 Å². The summed E-state index contributed by atoms with van der Waals surface area (Å²) >= 11 is 0. The van der Waals surface area contributed by atoms with Gasteiger partial charge in [-0.1, -0.05) is 6.07 Å². The molecule has 0 aliphatic rings. The smallest absolute Gasteiger partial charge is 0.314 e. The number of nitrogens with zero attached hydrogens (tertiary/aromatic N) is 1. The van der Waals surface area contributed by atoms with E-state index in [0.29, 0.717) is 11.4 Å². The summed E-state index contributed by atoms with van der Waals surface area (Å²) in [5.74, 6) is -0.310. The van der Waals surface area contributed by atoms with E-state index in [4.69, 9.17) is 10.5 Å². The van der Waals surface area contributed by atoms with Crippen molar-refractivity contribution in [1.29, 1.82) is 0 Å². The quantitative estimate of drug-likeness (QED) is 0.522. The number of halogens is 1. The highest BCUT2D eigenvalue weighted by molar-refractivity contribution is 5.52. The van der Waals surface area contributed by atoms with Gasteiger partial charge in [-0.3, -0.25) is 10.1 Å². The fraction of sp³-hybridized carbons (Fsp3) is 0.0769. The van der Waals surface area contributed by atoms with Crippen molar-refractivity contribution in [3.05, 3.63) is 57.9 Å². The van der Waals surface area contributed by atoms with E-state index in [1.165, 1.54) is 19.1 Å². The Bertz CT molecular complexity index is 644. The van der Waals surface area contributed by atoms with Gasteiger partial charge in [0.15, 0.2) is 0 Å². The first-order valence-electron chi connectivity index (χ1n) is 5.45. The predicted molar refractivity (Wildman–Crippen MR) is 68.7 cm³/mol. The van der Waals surface area contributed by atoms with E-state index >= 15 is 0 Å². The van der Waals surface area contributed by atoms with E-state index in [-0.39, 0.29) is 11.3 Å². The highest BCUT2D eigenvalue weighted by Gasteiger charge is 2.19. The molecule has 0 aliphatic heterocycles. The van der Waals surface area contributed by atoms with Gasteiger partial charge in [-0.15, -0.1) is 0 Å². The van der Waals surface area contributed by atoms with Crippen LogP contribution in [-0.2, 0) is 0 Å². The largest absolute Gasteiger partial charge is 0.450 e. The van der Waals surface area contributed by atoms with Crippen LogP contribution in [0.3, 0.4) is 0 Å². The zero-order valence-electron chi connectivity index (χ0n) is 10.1. The SMILES string of the molecule is Cc1cc(Oc2cccc(N)c2)c([N+](=O)[O-])cc1F. The second-order valence-electron chi connectivity index (χ2n) is 4.00. The van der Waals surface area contributed by atoms with E-state index in [1.54, 1.807) is 18.2 Å². The van der Waals surface area contributed by atoms with Crippen LogP contribution < -0.4 is 10.5 Å². The molecule has 0 spiro atoms. The van der Waals surface area contributed by atoms with Crippen LogP contribution in [0.4, 0.5) is 15.8 Å². The molecule has 0 saturated carbocycles. The Morgan fingerprint density at radius 1 is 1.32 bits per heavy atom. The number of ether oxygens (including phenoxy) is 1. The van der Waals surface area contributed by atoms with Crippen LogP contribution in [-0.4, -0.2) is 4.92 Å². The minimum absolute atomic E-state index is 0.0190. The molecular formula is C13H11FN2O3. The summed E-state index contributed by atoms with van der Waals surface area (Å²) in [6, 6.07) is 8.60. The summed E-state index contributed by atoms with van der Waals surface area (Å²) in [6.07, 6.45) is 0. The first kappa shape index (κ1) is 12.8. The van der Waals surface area contributed by atoms with Crippen LogP contribution >= 0.6 is 0 Å². The summed E-state index contributed by atoms with van der Waals surface area (Å²) in [7, 11) is 0. The van der Waals surface area contributed by atoms with Gasteiger partial charge in [-0.25, -0.2) is 4.39 Å². The third kappa shape index (κ3) is 2.79. The van der Waals surface area contributed by atoms with E-state index < -0.39 is 16.4 Å². The third-order valence-corrected chi connectivity index (χ3v) is 2.52. The molecule has 2 aromatic carbocycles. The first-order valence-corrected chi connectivity index (χ1v) is 5.45. The number of rotatable bonds is 3. The highest BCUT2D eigenvalue weighted by Crippen LogP contribution is 2.33. The summed E-state index contributed by atoms with van der Waals surface area (Å²) in [4.78, 5) is 10.2. The van der Waals surface area contributed by atoms with Gasteiger partial charge in [0.25, 0.3) is 0 Å². The van der Waals surface area contributed by atoms with Crippen molar-refractivity contribution >= 4 is 11.4 Å². The van der Waals surface area contributed by atoms with Gasteiger partial charge in [0.2, 0.25) is 5.75 Å².